The molecule has 1 aromatic carbocycles. The van der Waals surface area contributed by atoms with Crippen LogP contribution in [-0.4, -0.2) is 33.9 Å². The number of nitrogens with zero attached hydrogens (tertiary/aromatic N) is 3. The zero-order chi connectivity index (χ0) is 21.0. The highest BCUT2D eigenvalue weighted by atomic mass is 19.4. The Labute approximate surface area is 164 Å². The maximum atomic E-state index is 13.1. The summed E-state index contributed by atoms with van der Waals surface area (Å²) in [7, 11) is 0. The van der Waals surface area contributed by atoms with E-state index in [0.29, 0.717) is 30.0 Å². The molecule has 7 nitrogen and oxygen atoms in total. The van der Waals surface area contributed by atoms with Gasteiger partial charge in [-0.1, -0.05) is 19.1 Å². The van der Waals surface area contributed by atoms with Crippen LogP contribution in [0, 0.1) is 0 Å². The number of likely N-dealkylation sites (N-methyl/N-ethyl adjacent to an activating group) is 1. The van der Waals surface area contributed by atoms with Crippen LogP contribution >= 0.6 is 0 Å². The predicted molar refractivity (Wildman–Crippen MR) is 102 cm³/mol. The van der Waals surface area contributed by atoms with Crippen molar-refractivity contribution >= 4 is 22.8 Å². The van der Waals surface area contributed by atoms with Gasteiger partial charge in [-0.05, 0) is 30.3 Å². The minimum Gasteiger partial charge on any atom is -0.366 e. The molecule has 0 bridgehead atoms. The van der Waals surface area contributed by atoms with Gasteiger partial charge < -0.3 is 16.4 Å². The van der Waals surface area contributed by atoms with Gasteiger partial charge in [-0.2, -0.15) is 13.2 Å². The monoisotopic (exact) mass is 404 g/mol. The SMILES string of the molecule is CCNCC(Nc1ncnc2c(C(N)=O)ccnc12)c1cccc(C(F)(F)F)c1. The average molecular weight is 404 g/mol. The quantitative estimate of drug-likeness (QED) is 0.559. The lowest BCUT2D eigenvalue weighted by Gasteiger charge is -2.22. The van der Waals surface area contributed by atoms with Crippen LogP contribution in [0.15, 0.2) is 42.9 Å². The highest BCUT2D eigenvalue weighted by Gasteiger charge is 2.31. The van der Waals surface area contributed by atoms with Gasteiger partial charge in [0.05, 0.1) is 17.2 Å². The molecule has 0 aliphatic rings. The zero-order valence-corrected chi connectivity index (χ0v) is 15.5. The van der Waals surface area contributed by atoms with Crippen molar-refractivity contribution in [2.75, 3.05) is 18.4 Å². The summed E-state index contributed by atoms with van der Waals surface area (Å²) in [5.74, 6) is -0.373. The summed E-state index contributed by atoms with van der Waals surface area (Å²) >= 11 is 0. The second-order valence-corrected chi connectivity index (χ2v) is 6.27. The Hall–Kier alpha value is -3.27. The molecule has 2 heterocycles. The number of carbonyl (C=O) groups is 1. The molecule has 0 fully saturated rings. The van der Waals surface area contributed by atoms with Crippen LogP contribution in [0.5, 0.6) is 0 Å². The Morgan fingerprint density at radius 2 is 1.97 bits per heavy atom. The van der Waals surface area contributed by atoms with E-state index in [2.05, 4.69) is 25.6 Å². The van der Waals surface area contributed by atoms with Crippen molar-refractivity contribution in [2.24, 2.45) is 5.73 Å². The van der Waals surface area contributed by atoms with Crippen LogP contribution < -0.4 is 16.4 Å². The highest BCUT2D eigenvalue weighted by molar-refractivity contribution is 6.05. The van der Waals surface area contributed by atoms with Crippen LogP contribution in [0.1, 0.15) is 34.5 Å². The maximum absolute atomic E-state index is 13.1. The maximum Gasteiger partial charge on any atom is 0.416 e. The summed E-state index contributed by atoms with van der Waals surface area (Å²) in [5.41, 5.74) is 5.83. The first kappa shape index (κ1) is 20.5. The number of carbonyl (C=O) groups excluding carboxylic acids is 1. The van der Waals surface area contributed by atoms with Gasteiger partial charge in [0.2, 0.25) is 0 Å². The van der Waals surface area contributed by atoms with E-state index in [1.165, 1.54) is 24.7 Å². The minimum atomic E-state index is -4.45. The number of hydrogen-bond acceptors (Lipinski definition) is 6. The molecule has 4 N–H and O–H groups in total. The summed E-state index contributed by atoms with van der Waals surface area (Å²) in [6, 6.07) is 6.00. The Morgan fingerprint density at radius 3 is 2.66 bits per heavy atom. The first-order valence-corrected chi connectivity index (χ1v) is 8.85. The summed E-state index contributed by atoms with van der Waals surface area (Å²) in [6.07, 6.45) is -1.80. The van der Waals surface area contributed by atoms with Gasteiger partial charge in [0.1, 0.15) is 17.4 Å². The molecule has 3 rings (SSSR count). The molecule has 0 spiro atoms. The Kier molecular flexibility index (Phi) is 5.92. The average Bonchev–Trinajstić information content (AvgIpc) is 2.70. The summed E-state index contributed by atoms with van der Waals surface area (Å²) in [5, 5.41) is 6.24. The molecule has 2 aromatic heterocycles. The van der Waals surface area contributed by atoms with Gasteiger partial charge in [0.25, 0.3) is 5.91 Å². The standard InChI is InChI=1S/C19H19F3N6O/c1-2-24-9-14(11-4-3-5-12(8-11)19(20,21)22)28-18-16-15(26-10-27-18)13(17(23)29)6-7-25-16/h3-8,10,14,24H,2,9H2,1H3,(H2,23,29)(H,26,27,28). The fourth-order valence-electron chi connectivity index (χ4n) is 2.91. The highest BCUT2D eigenvalue weighted by Crippen LogP contribution is 2.32. The van der Waals surface area contributed by atoms with Crippen molar-refractivity contribution < 1.29 is 18.0 Å². The summed E-state index contributed by atoms with van der Waals surface area (Å²) in [4.78, 5) is 24.1. The molecule has 1 amide bonds. The fraction of sp³-hybridized carbons (Fsp3) is 0.263. The predicted octanol–water partition coefficient (Wildman–Crippen LogP) is 2.91. The number of hydrogen-bond donors (Lipinski definition) is 3. The molecule has 0 saturated heterocycles. The van der Waals surface area contributed by atoms with E-state index >= 15 is 0 Å². The molecule has 152 valence electrons. The normalized spacial score (nSPS) is 12.7. The van der Waals surface area contributed by atoms with Crippen LogP contribution in [-0.2, 0) is 6.18 Å². The van der Waals surface area contributed by atoms with Crippen LogP contribution in [0.25, 0.3) is 11.0 Å². The third kappa shape index (κ3) is 4.60. The topological polar surface area (TPSA) is 106 Å². The van der Waals surface area contributed by atoms with Gasteiger partial charge in [0, 0.05) is 12.7 Å². The third-order valence-corrected chi connectivity index (χ3v) is 4.31. The summed E-state index contributed by atoms with van der Waals surface area (Å²) < 4.78 is 39.4. The Balaban J connectivity index is 2.02. The Morgan fingerprint density at radius 1 is 1.17 bits per heavy atom. The molecular weight excluding hydrogens is 385 g/mol. The number of primary amides is 1. The first-order valence-electron chi connectivity index (χ1n) is 8.85. The number of aromatic nitrogens is 3. The number of anilines is 1. The van der Waals surface area contributed by atoms with Crippen LogP contribution in [0.4, 0.5) is 19.0 Å². The molecule has 3 aromatic rings. The van der Waals surface area contributed by atoms with E-state index in [1.54, 1.807) is 6.07 Å². The number of alkyl halides is 3. The number of fused-ring (bicyclic) bond motifs is 1. The molecular formula is C19H19F3N6O. The van der Waals surface area contributed by atoms with Crippen molar-refractivity contribution in [3.05, 3.63) is 59.5 Å². The van der Waals surface area contributed by atoms with E-state index in [0.717, 1.165) is 12.1 Å². The molecule has 1 unspecified atom stereocenters. The molecule has 1 atom stereocenters. The van der Waals surface area contributed by atoms with Gasteiger partial charge in [-0.25, -0.2) is 9.97 Å². The first-order chi connectivity index (χ1) is 13.8. The molecule has 29 heavy (non-hydrogen) atoms. The number of amides is 1. The van der Waals surface area contributed by atoms with Crippen molar-refractivity contribution in [2.45, 2.75) is 19.1 Å². The molecule has 10 heteroatoms. The summed E-state index contributed by atoms with van der Waals surface area (Å²) in [6.45, 7) is 2.87. The van der Waals surface area contributed by atoms with Crippen molar-refractivity contribution in [3.63, 3.8) is 0 Å². The minimum absolute atomic E-state index is 0.183. The molecule has 0 aliphatic heterocycles. The van der Waals surface area contributed by atoms with Gasteiger partial charge >= 0.3 is 6.18 Å². The number of nitrogens with one attached hydrogen (secondary N) is 2. The van der Waals surface area contributed by atoms with E-state index in [9.17, 15) is 18.0 Å². The van der Waals surface area contributed by atoms with Crippen LogP contribution in [0.2, 0.25) is 0 Å². The van der Waals surface area contributed by atoms with E-state index in [1.807, 2.05) is 6.92 Å². The number of rotatable bonds is 7. The lowest BCUT2D eigenvalue weighted by atomic mass is 10.0. The van der Waals surface area contributed by atoms with Crippen molar-refractivity contribution in [1.29, 1.82) is 0 Å². The smallest absolute Gasteiger partial charge is 0.366 e. The van der Waals surface area contributed by atoms with Crippen molar-refractivity contribution in [3.8, 4) is 0 Å². The lowest BCUT2D eigenvalue weighted by Crippen LogP contribution is -2.27. The van der Waals surface area contributed by atoms with Crippen LogP contribution in [0.3, 0.4) is 0 Å². The third-order valence-electron chi connectivity index (χ3n) is 4.31. The second-order valence-electron chi connectivity index (χ2n) is 6.27. The Bertz CT molecular complexity index is 1020. The second kappa shape index (κ2) is 8.39. The van der Waals surface area contributed by atoms with Gasteiger partial charge in [-0.15, -0.1) is 0 Å². The lowest BCUT2D eigenvalue weighted by molar-refractivity contribution is -0.137. The van der Waals surface area contributed by atoms with Gasteiger partial charge in [0.15, 0.2) is 5.82 Å². The number of halogens is 3. The number of pyridine rings is 1. The largest absolute Gasteiger partial charge is 0.416 e. The van der Waals surface area contributed by atoms with E-state index < -0.39 is 23.7 Å². The number of benzene rings is 1. The molecule has 0 radical (unpaired) electrons. The van der Waals surface area contributed by atoms with Crippen molar-refractivity contribution in [1.82, 2.24) is 20.3 Å². The molecule has 0 aliphatic carbocycles. The van der Waals surface area contributed by atoms with E-state index in [-0.39, 0.29) is 11.1 Å². The molecule has 0 saturated carbocycles. The fourth-order valence-corrected chi connectivity index (χ4v) is 2.91. The van der Waals surface area contributed by atoms with E-state index in [4.69, 9.17) is 5.73 Å². The van der Waals surface area contributed by atoms with Gasteiger partial charge in [-0.3, -0.25) is 9.78 Å². The number of nitrogens with two attached hydrogens (primary N) is 1. The zero-order valence-electron chi connectivity index (χ0n) is 15.5.